The van der Waals surface area contributed by atoms with Crippen molar-refractivity contribution in [3.63, 3.8) is 0 Å². The van der Waals surface area contributed by atoms with Crippen LogP contribution in [-0.4, -0.2) is 28.0 Å². The molecule has 1 aromatic rings. The van der Waals surface area contributed by atoms with Crippen molar-refractivity contribution in [1.82, 2.24) is 10.3 Å². The van der Waals surface area contributed by atoms with Gasteiger partial charge in [-0.15, -0.1) is 0 Å². The molecule has 5 nitrogen and oxygen atoms in total. The molecule has 1 aromatic heterocycles. The van der Waals surface area contributed by atoms with E-state index in [1.54, 1.807) is 25.3 Å². The smallest absolute Gasteiger partial charge is 0.303 e. The fourth-order valence-electron chi connectivity index (χ4n) is 1.41. The number of carboxylic acids is 1. The van der Waals surface area contributed by atoms with E-state index >= 15 is 0 Å². The molecule has 0 saturated carbocycles. The maximum atomic E-state index is 11.6. The van der Waals surface area contributed by atoms with Crippen molar-refractivity contribution in [3.8, 4) is 0 Å². The van der Waals surface area contributed by atoms with Gasteiger partial charge >= 0.3 is 5.97 Å². The number of carboxylic acid groups (broad SMARTS) is 1. The van der Waals surface area contributed by atoms with E-state index in [9.17, 15) is 9.59 Å². The largest absolute Gasteiger partial charge is 0.481 e. The number of rotatable bonds is 6. The number of nitrogens with one attached hydrogen (secondary N) is 1. The minimum Gasteiger partial charge on any atom is -0.481 e. The summed E-state index contributed by atoms with van der Waals surface area (Å²) in [5, 5.41) is 11.3. The SMILES string of the molecule is CC(CCC(=O)O)NC(=O)Cc1ccccn1. The Morgan fingerprint density at radius 1 is 1.47 bits per heavy atom. The van der Waals surface area contributed by atoms with Gasteiger partial charge in [0, 0.05) is 24.4 Å². The molecule has 1 heterocycles. The highest BCUT2D eigenvalue weighted by Crippen LogP contribution is 1.99. The van der Waals surface area contributed by atoms with Crippen molar-refractivity contribution in [3.05, 3.63) is 30.1 Å². The number of hydrogen-bond acceptors (Lipinski definition) is 3. The van der Waals surface area contributed by atoms with Crippen molar-refractivity contribution in [2.75, 3.05) is 0 Å². The highest BCUT2D eigenvalue weighted by atomic mass is 16.4. The molecule has 92 valence electrons. The average molecular weight is 236 g/mol. The van der Waals surface area contributed by atoms with Gasteiger partial charge in [-0.3, -0.25) is 14.6 Å². The number of carbonyl (C=O) groups is 2. The number of hydrogen-bond donors (Lipinski definition) is 2. The lowest BCUT2D eigenvalue weighted by Gasteiger charge is -2.12. The first-order valence-corrected chi connectivity index (χ1v) is 5.49. The zero-order valence-electron chi connectivity index (χ0n) is 9.72. The third-order valence-electron chi connectivity index (χ3n) is 2.27. The predicted molar refractivity (Wildman–Crippen MR) is 62.4 cm³/mol. The van der Waals surface area contributed by atoms with Gasteiger partial charge in [0.2, 0.25) is 5.91 Å². The molecule has 0 radical (unpaired) electrons. The Labute approximate surface area is 99.9 Å². The van der Waals surface area contributed by atoms with Crippen LogP contribution in [0.5, 0.6) is 0 Å². The first kappa shape index (κ1) is 13.2. The summed E-state index contributed by atoms with van der Waals surface area (Å²) in [6.45, 7) is 1.79. The fourth-order valence-corrected chi connectivity index (χ4v) is 1.41. The van der Waals surface area contributed by atoms with Crippen LogP contribution in [0.15, 0.2) is 24.4 Å². The van der Waals surface area contributed by atoms with Crippen molar-refractivity contribution in [1.29, 1.82) is 0 Å². The van der Waals surface area contributed by atoms with Gasteiger partial charge in [-0.05, 0) is 25.5 Å². The van der Waals surface area contributed by atoms with Crippen molar-refractivity contribution < 1.29 is 14.7 Å². The van der Waals surface area contributed by atoms with Crippen LogP contribution in [0.3, 0.4) is 0 Å². The van der Waals surface area contributed by atoms with E-state index in [-0.39, 0.29) is 24.8 Å². The lowest BCUT2D eigenvalue weighted by molar-refractivity contribution is -0.137. The molecule has 5 heteroatoms. The lowest BCUT2D eigenvalue weighted by Crippen LogP contribution is -2.34. The molecule has 0 bridgehead atoms. The Bertz CT molecular complexity index is 379. The van der Waals surface area contributed by atoms with Gasteiger partial charge in [0.05, 0.1) is 6.42 Å². The zero-order chi connectivity index (χ0) is 12.7. The molecule has 2 N–H and O–H groups in total. The van der Waals surface area contributed by atoms with E-state index in [1.165, 1.54) is 0 Å². The fraction of sp³-hybridized carbons (Fsp3) is 0.417. The molecule has 0 aromatic carbocycles. The Morgan fingerprint density at radius 3 is 2.82 bits per heavy atom. The summed E-state index contributed by atoms with van der Waals surface area (Å²) in [5.74, 6) is -0.989. The standard InChI is InChI=1S/C12H16N2O3/c1-9(5-6-12(16)17)14-11(15)8-10-4-2-3-7-13-10/h2-4,7,9H,5-6,8H2,1H3,(H,14,15)(H,16,17). The minimum atomic E-state index is -0.851. The molecule has 0 fully saturated rings. The topological polar surface area (TPSA) is 79.3 Å². The van der Waals surface area contributed by atoms with Crippen LogP contribution >= 0.6 is 0 Å². The summed E-state index contributed by atoms with van der Waals surface area (Å²) in [5.41, 5.74) is 0.704. The second-order valence-corrected chi connectivity index (χ2v) is 3.90. The number of aromatic nitrogens is 1. The third kappa shape index (κ3) is 5.65. The first-order chi connectivity index (χ1) is 8.08. The summed E-state index contributed by atoms with van der Waals surface area (Å²) in [7, 11) is 0. The zero-order valence-corrected chi connectivity index (χ0v) is 9.72. The van der Waals surface area contributed by atoms with Gasteiger partial charge in [-0.25, -0.2) is 0 Å². The van der Waals surface area contributed by atoms with E-state index in [2.05, 4.69) is 10.3 Å². The van der Waals surface area contributed by atoms with Crippen molar-refractivity contribution in [2.45, 2.75) is 32.2 Å². The molecule has 0 aliphatic heterocycles. The molecule has 0 saturated heterocycles. The summed E-state index contributed by atoms with van der Waals surface area (Å²) >= 11 is 0. The molecule has 0 aliphatic carbocycles. The van der Waals surface area contributed by atoms with Crippen LogP contribution in [0.1, 0.15) is 25.5 Å². The van der Waals surface area contributed by atoms with E-state index in [1.807, 2.05) is 6.07 Å². The summed E-state index contributed by atoms with van der Waals surface area (Å²) in [4.78, 5) is 26.0. The Morgan fingerprint density at radius 2 is 2.24 bits per heavy atom. The van der Waals surface area contributed by atoms with Gasteiger partial charge in [0.1, 0.15) is 0 Å². The van der Waals surface area contributed by atoms with Crippen LogP contribution < -0.4 is 5.32 Å². The van der Waals surface area contributed by atoms with E-state index in [0.29, 0.717) is 12.1 Å². The normalized spacial score (nSPS) is 11.8. The monoisotopic (exact) mass is 236 g/mol. The van der Waals surface area contributed by atoms with E-state index in [0.717, 1.165) is 0 Å². The number of amides is 1. The Kier molecular flexibility index (Phi) is 5.13. The van der Waals surface area contributed by atoms with Gasteiger partial charge in [-0.1, -0.05) is 6.07 Å². The van der Waals surface area contributed by atoms with Crippen LogP contribution in [0.4, 0.5) is 0 Å². The van der Waals surface area contributed by atoms with Crippen LogP contribution in [0.2, 0.25) is 0 Å². The molecule has 0 aliphatic rings. The number of carbonyl (C=O) groups excluding carboxylic acids is 1. The molecule has 0 spiro atoms. The molecule has 1 amide bonds. The quantitative estimate of drug-likeness (QED) is 0.772. The summed E-state index contributed by atoms with van der Waals surface area (Å²) in [6, 6.07) is 5.25. The van der Waals surface area contributed by atoms with Crippen molar-refractivity contribution in [2.24, 2.45) is 0 Å². The summed E-state index contributed by atoms with van der Waals surface area (Å²) < 4.78 is 0. The van der Waals surface area contributed by atoms with Gasteiger partial charge < -0.3 is 10.4 Å². The predicted octanol–water partition coefficient (Wildman–Crippen LogP) is 0.994. The summed E-state index contributed by atoms with van der Waals surface area (Å²) in [6.07, 6.45) is 2.35. The van der Waals surface area contributed by atoms with E-state index in [4.69, 9.17) is 5.11 Å². The van der Waals surface area contributed by atoms with Gasteiger partial charge in [-0.2, -0.15) is 0 Å². The first-order valence-electron chi connectivity index (χ1n) is 5.49. The molecule has 1 unspecified atom stereocenters. The Balaban J connectivity index is 2.32. The number of pyridine rings is 1. The van der Waals surface area contributed by atoms with E-state index < -0.39 is 5.97 Å². The van der Waals surface area contributed by atoms with Crippen molar-refractivity contribution >= 4 is 11.9 Å². The number of aliphatic carboxylic acids is 1. The maximum Gasteiger partial charge on any atom is 0.303 e. The Hall–Kier alpha value is -1.91. The van der Waals surface area contributed by atoms with Crippen LogP contribution in [0, 0.1) is 0 Å². The molecule has 17 heavy (non-hydrogen) atoms. The van der Waals surface area contributed by atoms with Crippen LogP contribution in [0.25, 0.3) is 0 Å². The highest BCUT2D eigenvalue weighted by molar-refractivity contribution is 5.78. The highest BCUT2D eigenvalue weighted by Gasteiger charge is 2.09. The second kappa shape index (κ2) is 6.62. The molecular formula is C12H16N2O3. The average Bonchev–Trinajstić information content (AvgIpc) is 2.27. The number of nitrogens with zero attached hydrogens (tertiary/aromatic N) is 1. The maximum absolute atomic E-state index is 11.6. The molecular weight excluding hydrogens is 220 g/mol. The third-order valence-corrected chi connectivity index (χ3v) is 2.27. The molecule has 1 atom stereocenters. The van der Waals surface area contributed by atoms with Gasteiger partial charge in [0.25, 0.3) is 0 Å². The van der Waals surface area contributed by atoms with Gasteiger partial charge in [0.15, 0.2) is 0 Å². The second-order valence-electron chi connectivity index (χ2n) is 3.90. The van der Waals surface area contributed by atoms with Crippen LogP contribution in [-0.2, 0) is 16.0 Å². The minimum absolute atomic E-state index is 0.0605. The molecule has 1 rings (SSSR count). The lowest BCUT2D eigenvalue weighted by atomic mass is 10.1.